The Hall–Kier alpha value is -0.660. The molecule has 0 heterocycles. The van der Waals surface area contributed by atoms with E-state index in [4.69, 9.17) is 5.73 Å². The number of hydrogen-bond donors (Lipinski definition) is 2. The average Bonchev–Trinajstić information content (AvgIpc) is 1.88. The lowest BCUT2D eigenvalue weighted by Crippen LogP contribution is -2.30. The van der Waals surface area contributed by atoms with Gasteiger partial charge in [-0.25, -0.2) is 0 Å². The van der Waals surface area contributed by atoms with Crippen molar-refractivity contribution in [3.8, 4) is 0 Å². The minimum Gasteiger partial charge on any atom is -0.403 e. The third-order valence-corrected chi connectivity index (χ3v) is 2.33. The van der Waals surface area contributed by atoms with E-state index in [1.54, 1.807) is 6.20 Å². The van der Waals surface area contributed by atoms with Crippen molar-refractivity contribution in [2.75, 3.05) is 6.54 Å². The van der Waals surface area contributed by atoms with Crippen LogP contribution < -0.4 is 11.1 Å². The van der Waals surface area contributed by atoms with Crippen LogP contribution in [0.5, 0.6) is 0 Å². The van der Waals surface area contributed by atoms with Crippen LogP contribution >= 0.6 is 0 Å². The Morgan fingerprint density at radius 3 is 2.36 bits per heavy atom. The van der Waals surface area contributed by atoms with Crippen molar-refractivity contribution in [3.63, 3.8) is 0 Å². The molecule has 0 saturated carbocycles. The second-order valence-corrected chi connectivity index (χ2v) is 3.88. The van der Waals surface area contributed by atoms with E-state index in [-0.39, 0.29) is 0 Å². The number of rotatable bonds is 4. The molecule has 0 saturated heterocycles. The van der Waals surface area contributed by atoms with Gasteiger partial charge in [-0.1, -0.05) is 27.7 Å². The fourth-order valence-electron chi connectivity index (χ4n) is 0.594. The van der Waals surface area contributed by atoms with Gasteiger partial charge in [0, 0.05) is 18.9 Å². The molecule has 0 aliphatic heterocycles. The molecule has 0 spiro atoms. The van der Waals surface area contributed by atoms with Gasteiger partial charge in [0.15, 0.2) is 0 Å². The normalized spacial score (nSPS) is 12.8. The maximum Gasteiger partial charge on any atom is 0.0195 e. The summed E-state index contributed by atoms with van der Waals surface area (Å²) in [6, 6.07) is 0. The molecule has 0 atom stereocenters. The highest BCUT2D eigenvalue weighted by molar-refractivity contribution is 4.80. The van der Waals surface area contributed by atoms with Gasteiger partial charge in [-0.3, -0.25) is 0 Å². The smallest absolute Gasteiger partial charge is 0.0195 e. The maximum atomic E-state index is 5.19. The standard InChI is InChI=1S/C9H20N2/c1-8(2)9(3,4)7-11-6-5-10/h5-6,8,11H,7,10H2,1-4H3/b6-5-. The van der Waals surface area contributed by atoms with Crippen LogP contribution in [0.3, 0.4) is 0 Å². The second-order valence-electron chi connectivity index (χ2n) is 3.88. The lowest BCUT2D eigenvalue weighted by Gasteiger charge is -2.28. The minimum absolute atomic E-state index is 0.333. The first kappa shape index (κ1) is 10.3. The van der Waals surface area contributed by atoms with Crippen molar-refractivity contribution in [2.45, 2.75) is 27.7 Å². The topological polar surface area (TPSA) is 38.0 Å². The van der Waals surface area contributed by atoms with Crippen LogP contribution in [0.15, 0.2) is 12.4 Å². The molecule has 0 amide bonds. The Kier molecular flexibility index (Phi) is 4.01. The Morgan fingerprint density at radius 1 is 1.45 bits per heavy atom. The van der Waals surface area contributed by atoms with Crippen LogP contribution in [0, 0.1) is 11.3 Å². The monoisotopic (exact) mass is 156 g/mol. The van der Waals surface area contributed by atoms with Gasteiger partial charge >= 0.3 is 0 Å². The zero-order valence-corrected chi connectivity index (χ0v) is 8.02. The van der Waals surface area contributed by atoms with Gasteiger partial charge in [0.05, 0.1) is 0 Å². The third-order valence-electron chi connectivity index (χ3n) is 2.33. The van der Waals surface area contributed by atoms with Crippen LogP contribution in [0.25, 0.3) is 0 Å². The van der Waals surface area contributed by atoms with Gasteiger partial charge in [-0.05, 0) is 11.3 Å². The molecule has 0 fully saturated rings. The molecule has 66 valence electrons. The van der Waals surface area contributed by atoms with Crippen LogP contribution in [0.2, 0.25) is 0 Å². The molecule has 2 heteroatoms. The molecule has 11 heavy (non-hydrogen) atoms. The van der Waals surface area contributed by atoms with Crippen molar-refractivity contribution in [2.24, 2.45) is 17.1 Å². The summed E-state index contributed by atoms with van der Waals surface area (Å²) in [5.41, 5.74) is 5.52. The summed E-state index contributed by atoms with van der Waals surface area (Å²) in [5, 5.41) is 3.15. The predicted octanol–water partition coefficient (Wildman–Crippen LogP) is 1.69. The highest BCUT2D eigenvalue weighted by atomic mass is 14.9. The molecule has 0 aromatic carbocycles. The zero-order chi connectivity index (χ0) is 8.91. The Balaban J connectivity index is 3.73. The van der Waals surface area contributed by atoms with Crippen LogP contribution in [-0.4, -0.2) is 6.54 Å². The van der Waals surface area contributed by atoms with Crippen LogP contribution in [0.4, 0.5) is 0 Å². The van der Waals surface area contributed by atoms with Gasteiger partial charge < -0.3 is 11.1 Å². The zero-order valence-electron chi connectivity index (χ0n) is 8.02. The molecule has 0 aliphatic carbocycles. The molecule has 0 aromatic heterocycles. The number of nitrogens with one attached hydrogen (secondary N) is 1. The molecule has 2 nitrogen and oxygen atoms in total. The van der Waals surface area contributed by atoms with Gasteiger partial charge in [0.25, 0.3) is 0 Å². The fraction of sp³-hybridized carbons (Fsp3) is 0.778. The van der Waals surface area contributed by atoms with Crippen LogP contribution in [0.1, 0.15) is 27.7 Å². The molecule has 0 bridgehead atoms. The fourth-order valence-corrected chi connectivity index (χ4v) is 0.594. The molecule has 0 radical (unpaired) electrons. The average molecular weight is 156 g/mol. The molecule has 0 unspecified atom stereocenters. The van der Waals surface area contributed by atoms with Gasteiger partial charge in [-0.2, -0.15) is 0 Å². The summed E-state index contributed by atoms with van der Waals surface area (Å²) in [6.07, 6.45) is 3.31. The van der Waals surface area contributed by atoms with Gasteiger partial charge in [-0.15, -0.1) is 0 Å². The predicted molar refractivity (Wildman–Crippen MR) is 49.9 cm³/mol. The van der Waals surface area contributed by atoms with E-state index in [9.17, 15) is 0 Å². The molecule has 0 aromatic rings. The molecule has 3 N–H and O–H groups in total. The van der Waals surface area contributed by atoms with Gasteiger partial charge in [0.1, 0.15) is 0 Å². The number of hydrogen-bond acceptors (Lipinski definition) is 2. The summed E-state index contributed by atoms with van der Waals surface area (Å²) in [6.45, 7) is 9.92. The molecular formula is C9H20N2. The lowest BCUT2D eigenvalue weighted by molar-refractivity contribution is 0.248. The first-order valence-electron chi connectivity index (χ1n) is 4.11. The third kappa shape index (κ3) is 3.91. The molecular weight excluding hydrogens is 136 g/mol. The minimum atomic E-state index is 0.333. The second kappa shape index (κ2) is 4.27. The summed E-state index contributed by atoms with van der Waals surface area (Å²) in [4.78, 5) is 0. The van der Waals surface area contributed by atoms with E-state index >= 15 is 0 Å². The van der Waals surface area contributed by atoms with Gasteiger partial charge in [0.2, 0.25) is 0 Å². The Morgan fingerprint density at radius 2 is 2.00 bits per heavy atom. The number of nitrogens with two attached hydrogens (primary N) is 1. The molecule has 0 rings (SSSR count). The van der Waals surface area contributed by atoms with Crippen molar-refractivity contribution >= 4 is 0 Å². The molecule has 0 aliphatic rings. The van der Waals surface area contributed by atoms with E-state index in [1.807, 2.05) is 0 Å². The van der Waals surface area contributed by atoms with E-state index in [0.29, 0.717) is 11.3 Å². The Labute approximate surface area is 69.9 Å². The van der Waals surface area contributed by atoms with E-state index < -0.39 is 0 Å². The largest absolute Gasteiger partial charge is 0.403 e. The van der Waals surface area contributed by atoms with Crippen molar-refractivity contribution in [3.05, 3.63) is 12.4 Å². The van der Waals surface area contributed by atoms with Crippen molar-refractivity contribution in [1.29, 1.82) is 0 Å². The van der Waals surface area contributed by atoms with E-state index in [2.05, 4.69) is 33.0 Å². The summed E-state index contributed by atoms with van der Waals surface area (Å²) in [5.74, 6) is 0.682. The first-order chi connectivity index (χ1) is 5.00. The highest BCUT2D eigenvalue weighted by Crippen LogP contribution is 2.24. The summed E-state index contributed by atoms with van der Waals surface area (Å²) < 4.78 is 0. The van der Waals surface area contributed by atoms with Crippen molar-refractivity contribution in [1.82, 2.24) is 5.32 Å². The van der Waals surface area contributed by atoms with Crippen LogP contribution in [-0.2, 0) is 0 Å². The highest BCUT2D eigenvalue weighted by Gasteiger charge is 2.20. The Bertz CT molecular complexity index is 126. The quantitative estimate of drug-likeness (QED) is 0.650. The lowest BCUT2D eigenvalue weighted by atomic mass is 9.81. The maximum absolute atomic E-state index is 5.19. The van der Waals surface area contributed by atoms with E-state index in [0.717, 1.165) is 6.54 Å². The van der Waals surface area contributed by atoms with E-state index in [1.165, 1.54) is 6.20 Å². The summed E-state index contributed by atoms with van der Waals surface area (Å²) in [7, 11) is 0. The van der Waals surface area contributed by atoms with Crippen molar-refractivity contribution < 1.29 is 0 Å². The first-order valence-corrected chi connectivity index (χ1v) is 4.11. The summed E-state index contributed by atoms with van der Waals surface area (Å²) >= 11 is 0. The SMILES string of the molecule is CC(C)C(C)(C)CN/C=C\N.